The van der Waals surface area contributed by atoms with E-state index < -0.39 is 12.2 Å². The van der Waals surface area contributed by atoms with Gasteiger partial charge in [0.2, 0.25) is 5.92 Å². The molecule has 162 valence electrons. The summed E-state index contributed by atoms with van der Waals surface area (Å²) in [6, 6.07) is 6.00. The van der Waals surface area contributed by atoms with Crippen molar-refractivity contribution in [3.8, 4) is 0 Å². The molecule has 0 spiro atoms. The van der Waals surface area contributed by atoms with Gasteiger partial charge < -0.3 is 19.3 Å². The minimum Gasteiger partial charge on any atom is -0.377 e. The number of ether oxygens (including phenoxy) is 1. The van der Waals surface area contributed by atoms with E-state index in [1.54, 1.807) is 4.90 Å². The first-order valence-electron chi connectivity index (χ1n) is 10.5. The van der Waals surface area contributed by atoms with Crippen molar-refractivity contribution in [3.63, 3.8) is 0 Å². The molecule has 2 heterocycles. The zero-order valence-corrected chi connectivity index (χ0v) is 17.9. The molecule has 0 bridgehead atoms. The Hall–Kier alpha value is -2.25. The van der Waals surface area contributed by atoms with Gasteiger partial charge in [0.15, 0.2) is 0 Å². The second-order valence-corrected chi connectivity index (χ2v) is 8.52. The van der Waals surface area contributed by atoms with E-state index in [4.69, 9.17) is 9.72 Å². The molecule has 1 aliphatic heterocycles. The number of benzene rings is 1. The highest BCUT2D eigenvalue weighted by Crippen LogP contribution is 2.48. The van der Waals surface area contributed by atoms with Gasteiger partial charge in [-0.15, -0.1) is 0 Å². The van der Waals surface area contributed by atoms with Crippen LogP contribution in [0.4, 0.5) is 8.78 Å². The van der Waals surface area contributed by atoms with Crippen molar-refractivity contribution < 1.29 is 18.6 Å². The second-order valence-electron chi connectivity index (χ2n) is 8.52. The van der Waals surface area contributed by atoms with Gasteiger partial charge in [-0.25, -0.2) is 13.8 Å². The summed E-state index contributed by atoms with van der Waals surface area (Å²) in [7, 11) is 1.84. The van der Waals surface area contributed by atoms with Gasteiger partial charge in [-0.2, -0.15) is 0 Å². The first-order chi connectivity index (χ1) is 14.2. The van der Waals surface area contributed by atoms with Crippen molar-refractivity contribution in [2.45, 2.75) is 64.3 Å². The Morgan fingerprint density at radius 3 is 2.70 bits per heavy atom. The van der Waals surface area contributed by atoms with Crippen LogP contribution in [0.2, 0.25) is 0 Å². The van der Waals surface area contributed by atoms with Gasteiger partial charge in [0, 0.05) is 38.6 Å². The topological polar surface area (TPSA) is 50.5 Å². The van der Waals surface area contributed by atoms with Crippen molar-refractivity contribution in [2.24, 2.45) is 0 Å². The van der Waals surface area contributed by atoms with Crippen LogP contribution in [-0.4, -0.2) is 51.5 Å². The number of alkyl halides is 2. The fourth-order valence-corrected chi connectivity index (χ4v) is 4.39. The van der Waals surface area contributed by atoms with Crippen molar-refractivity contribution >= 4 is 16.6 Å². The molecule has 30 heavy (non-hydrogen) atoms. The van der Waals surface area contributed by atoms with Crippen molar-refractivity contribution in [3.05, 3.63) is 47.4 Å². The van der Waals surface area contributed by atoms with E-state index in [0.29, 0.717) is 13.2 Å². The molecule has 1 fully saturated rings. The summed E-state index contributed by atoms with van der Waals surface area (Å²) in [5, 5.41) is 10.1. The zero-order valence-electron chi connectivity index (χ0n) is 17.9. The highest BCUT2D eigenvalue weighted by atomic mass is 19.3. The SMILES string of the molecule is CCO[C@@H](C)Cn1c(C2CC(F)(F)C2)nc2ccc(C3=CN(C)C(O)C(C)=C3)cc21. The number of halogens is 2. The number of rotatable bonds is 6. The van der Waals surface area contributed by atoms with Gasteiger partial charge in [-0.05, 0) is 55.7 Å². The van der Waals surface area contributed by atoms with Crippen LogP contribution < -0.4 is 0 Å². The lowest BCUT2D eigenvalue weighted by Crippen LogP contribution is -2.35. The Morgan fingerprint density at radius 2 is 2.07 bits per heavy atom. The molecule has 0 radical (unpaired) electrons. The lowest BCUT2D eigenvalue weighted by Gasteiger charge is -2.34. The van der Waals surface area contributed by atoms with Gasteiger partial charge in [-0.3, -0.25) is 0 Å². The third kappa shape index (κ3) is 3.88. The summed E-state index contributed by atoms with van der Waals surface area (Å²) < 4.78 is 34.9. The molecule has 5 nitrogen and oxygen atoms in total. The van der Waals surface area contributed by atoms with Crippen LogP contribution in [0.25, 0.3) is 16.6 Å². The number of hydrogen-bond donors (Lipinski definition) is 1. The number of nitrogens with zero attached hydrogens (tertiary/aromatic N) is 3. The summed E-state index contributed by atoms with van der Waals surface area (Å²) in [5.41, 5.74) is 4.58. The Balaban J connectivity index is 1.76. The maximum Gasteiger partial charge on any atom is 0.249 e. The summed E-state index contributed by atoms with van der Waals surface area (Å²) in [6.07, 6.45) is 2.91. The van der Waals surface area contributed by atoms with Crippen molar-refractivity contribution in [2.75, 3.05) is 13.7 Å². The van der Waals surface area contributed by atoms with Gasteiger partial charge in [0.1, 0.15) is 12.1 Å². The third-order valence-corrected chi connectivity index (χ3v) is 5.98. The molecule has 1 aliphatic carbocycles. The van der Waals surface area contributed by atoms with E-state index in [-0.39, 0.29) is 24.9 Å². The quantitative estimate of drug-likeness (QED) is 0.751. The van der Waals surface area contributed by atoms with E-state index in [9.17, 15) is 13.9 Å². The molecule has 1 aromatic heterocycles. The largest absolute Gasteiger partial charge is 0.377 e. The number of imidazole rings is 1. The maximum atomic E-state index is 13.6. The number of aliphatic hydroxyl groups excluding tert-OH is 1. The van der Waals surface area contributed by atoms with Crippen LogP contribution in [0.1, 0.15) is 50.9 Å². The summed E-state index contributed by atoms with van der Waals surface area (Å²) in [5.74, 6) is -2.11. The Labute approximate surface area is 175 Å². The molecular weight excluding hydrogens is 388 g/mol. The zero-order chi connectivity index (χ0) is 21.6. The highest BCUT2D eigenvalue weighted by Gasteiger charge is 2.48. The summed E-state index contributed by atoms with van der Waals surface area (Å²) in [6.45, 7) is 7.00. The van der Waals surface area contributed by atoms with Crippen molar-refractivity contribution in [1.29, 1.82) is 0 Å². The Bertz CT molecular complexity index is 1000. The lowest BCUT2D eigenvalue weighted by molar-refractivity contribution is -0.0892. The van der Waals surface area contributed by atoms with Gasteiger partial charge >= 0.3 is 0 Å². The van der Waals surface area contributed by atoms with E-state index in [0.717, 1.165) is 33.6 Å². The average molecular weight is 418 g/mol. The normalized spacial score (nSPS) is 22.6. The van der Waals surface area contributed by atoms with Crippen LogP contribution in [0.15, 0.2) is 36.0 Å². The van der Waals surface area contributed by atoms with Crippen LogP contribution in [0.5, 0.6) is 0 Å². The van der Waals surface area contributed by atoms with E-state index in [1.807, 2.05) is 52.2 Å². The van der Waals surface area contributed by atoms with Gasteiger partial charge in [0.25, 0.3) is 0 Å². The lowest BCUT2D eigenvalue weighted by atomic mass is 9.80. The Morgan fingerprint density at radius 1 is 1.33 bits per heavy atom. The maximum absolute atomic E-state index is 13.6. The van der Waals surface area contributed by atoms with E-state index >= 15 is 0 Å². The van der Waals surface area contributed by atoms with Crippen LogP contribution in [0.3, 0.4) is 0 Å². The summed E-state index contributed by atoms with van der Waals surface area (Å²) >= 11 is 0. The van der Waals surface area contributed by atoms with E-state index in [2.05, 4.69) is 10.6 Å². The number of aromatic nitrogens is 2. The van der Waals surface area contributed by atoms with Crippen molar-refractivity contribution in [1.82, 2.24) is 14.5 Å². The van der Waals surface area contributed by atoms with E-state index in [1.165, 1.54) is 0 Å². The smallest absolute Gasteiger partial charge is 0.249 e. The molecule has 4 rings (SSSR count). The standard InChI is InChI=1S/C23H29F2N3O2/c1-5-30-15(3)12-28-20-9-16(17-8-14(2)22(29)27(4)13-17)6-7-19(20)26-21(28)18-10-23(24,25)11-18/h6-9,13,15,18,22,29H,5,10-12H2,1-4H3/t15-,22?/m0/s1. The number of aliphatic hydroxyl groups is 1. The van der Waals surface area contributed by atoms with Gasteiger partial charge in [0.05, 0.1) is 23.7 Å². The minimum absolute atomic E-state index is 0.0484. The Kier molecular flexibility index (Phi) is 5.45. The fourth-order valence-electron chi connectivity index (χ4n) is 4.39. The fraction of sp³-hybridized carbons (Fsp3) is 0.522. The number of fused-ring (bicyclic) bond motifs is 1. The van der Waals surface area contributed by atoms with Gasteiger partial charge in [-0.1, -0.05) is 6.07 Å². The molecule has 1 saturated carbocycles. The molecule has 1 N–H and O–H groups in total. The first-order valence-corrected chi connectivity index (χ1v) is 10.5. The average Bonchev–Trinajstić information content (AvgIpc) is 3.01. The molecule has 0 amide bonds. The molecule has 2 aliphatic rings. The molecule has 7 heteroatoms. The molecule has 0 saturated heterocycles. The summed E-state index contributed by atoms with van der Waals surface area (Å²) in [4.78, 5) is 6.50. The molecule has 2 atom stereocenters. The third-order valence-electron chi connectivity index (χ3n) is 5.98. The molecule has 1 aromatic carbocycles. The minimum atomic E-state index is -2.59. The predicted molar refractivity (Wildman–Crippen MR) is 113 cm³/mol. The van der Waals surface area contributed by atoms with Crippen LogP contribution in [-0.2, 0) is 11.3 Å². The number of likely N-dealkylation sites (N-methyl/N-ethyl adjacent to an activating group) is 1. The first kappa shape index (κ1) is 21.0. The number of allylic oxidation sites excluding steroid dienone is 2. The predicted octanol–water partition coefficient (Wildman–Crippen LogP) is 4.53. The van der Waals surface area contributed by atoms with Crippen LogP contribution in [0, 0.1) is 0 Å². The monoisotopic (exact) mass is 417 g/mol. The molecule has 2 aromatic rings. The molecular formula is C23H29F2N3O2. The van der Waals surface area contributed by atoms with Crippen LogP contribution >= 0.6 is 0 Å². The number of hydrogen-bond acceptors (Lipinski definition) is 4. The highest BCUT2D eigenvalue weighted by molar-refractivity contribution is 5.85. The molecule has 1 unspecified atom stereocenters. The second kappa shape index (κ2) is 7.78.